The smallest absolute Gasteiger partial charge is 0.192 e. The number of hydrogen-bond donors (Lipinski definition) is 0. The molecule has 0 unspecified atom stereocenters. The quantitative estimate of drug-likeness (QED) is 0.116. The lowest BCUT2D eigenvalue weighted by molar-refractivity contribution is -0.0703. The van der Waals surface area contributed by atoms with Crippen molar-refractivity contribution in [3.05, 3.63) is 24.3 Å². The van der Waals surface area contributed by atoms with E-state index >= 15 is 0 Å². The minimum Gasteiger partial charge on any atom is -0.411 e. The lowest BCUT2D eigenvalue weighted by Gasteiger charge is -2.42. The molecule has 0 aromatic heterocycles. The summed E-state index contributed by atoms with van der Waals surface area (Å²) in [6, 6.07) is 0. The van der Waals surface area contributed by atoms with Gasteiger partial charge in [0.2, 0.25) is 0 Å². The standard InChI is InChI=1S/C30H55BrO2Si2/c1-13-26(31)27-19-16-17-21-29(33-34(11,12)30(8,9)10)28(32-27)20-15-14-18-22-35(23(2)3,24(4)5)25(6)7/h14-17,23-29H,13,19-21H2,1-12H3/b15-14+,17-16-/t26-,27+,28-,29-/m0/s1. The zero-order chi connectivity index (χ0) is 27.0. The van der Waals surface area contributed by atoms with Crippen molar-refractivity contribution in [1.29, 1.82) is 0 Å². The van der Waals surface area contributed by atoms with E-state index in [1.54, 1.807) is 0 Å². The number of ether oxygens (including phenoxy) is 1. The molecule has 0 spiro atoms. The minimum absolute atomic E-state index is 0.0334. The Hall–Kier alpha value is -0.126. The van der Waals surface area contributed by atoms with Crippen LogP contribution < -0.4 is 0 Å². The topological polar surface area (TPSA) is 18.5 Å². The average molecular weight is 584 g/mol. The normalized spacial score (nSPS) is 24.4. The summed E-state index contributed by atoms with van der Waals surface area (Å²) < 4.78 is 13.7. The van der Waals surface area contributed by atoms with Crippen molar-refractivity contribution in [2.24, 2.45) is 0 Å². The molecule has 0 fully saturated rings. The zero-order valence-electron chi connectivity index (χ0n) is 24.9. The van der Waals surface area contributed by atoms with Gasteiger partial charge in [-0.05, 0) is 66.5 Å². The Morgan fingerprint density at radius 2 is 1.57 bits per heavy atom. The van der Waals surface area contributed by atoms with Crippen molar-refractivity contribution in [3.63, 3.8) is 0 Å². The first-order valence-corrected chi connectivity index (χ1v) is 20.0. The molecule has 2 nitrogen and oxygen atoms in total. The van der Waals surface area contributed by atoms with E-state index in [0.29, 0.717) is 21.5 Å². The highest BCUT2D eigenvalue weighted by Crippen LogP contribution is 2.41. The molecule has 0 N–H and O–H groups in total. The summed E-state index contributed by atoms with van der Waals surface area (Å²) >= 11 is 3.87. The SMILES string of the molecule is CC[C@H](Br)[C@H]1C/C=C\C[C@H](O[Si](C)(C)C(C)(C)C)[C@H](C/C=C/C#C[Si](C(C)C)(C(C)C)C(C)C)O1. The molecule has 35 heavy (non-hydrogen) atoms. The van der Waals surface area contributed by atoms with Gasteiger partial charge in [0, 0.05) is 4.83 Å². The van der Waals surface area contributed by atoms with E-state index in [1.807, 2.05) is 0 Å². The lowest BCUT2D eigenvalue weighted by Crippen LogP contribution is -2.48. The van der Waals surface area contributed by atoms with Gasteiger partial charge in [0.05, 0.1) is 18.3 Å². The maximum Gasteiger partial charge on any atom is 0.192 e. The van der Waals surface area contributed by atoms with Crippen LogP contribution in [0, 0.1) is 11.5 Å². The van der Waals surface area contributed by atoms with Crippen LogP contribution in [-0.4, -0.2) is 39.5 Å². The monoisotopic (exact) mass is 582 g/mol. The van der Waals surface area contributed by atoms with E-state index in [2.05, 4.69) is 134 Å². The molecule has 0 amide bonds. The molecule has 0 aliphatic carbocycles. The summed E-state index contributed by atoms with van der Waals surface area (Å²) in [5.41, 5.74) is 5.77. The van der Waals surface area contributed by atoms with Crippen LogP contribution >= 0.6 is 15.9 Å². The fraction of sp³-hybridized carbons (Fsp3) is 0.800. The first-order valence-electron chi connectivity index (χ1n) is 13.9. The second kappa shape index (κ2) is 14.1. The zero-order valence-corrected chi connectivity index (χ0v) is 28.5. The van der Waals surface area contributed by atoms with Crippen LogP contribution in [0.3, 0.4) is 0 Å². The van der Waals surface area contributed by atoms with Crippen LogP contribution in [0.15, 0.2) is 24.3 Å². The van der Waals surface area contributed by atoms with Crippen molar-refractivity contribution in [3.8, 4) is 11.5 Å². The number of hydrogen-bond acceptors (Lipinski definition) is 2. The van der Waals surface area contributed by atoms with Crippen molar-refractivity contribution in [1.82, 2.24) is 0 Å². The van der Waals surface area contributed by atoms with Crippen LogP contribution in [0.25, 0.3) is 0 Å². The van der Waals surface area contributed by atoms with Gasteiger partial charge < -0.3 is 9.16 Å². The second-order valence-electron chi connectivity index (χ2n) is 12.8. The molecule has 0 aromatic carbocycles. The van der Waals surface area contributed by atoms with Crippen molar-refractivity contribution < 1.29 is 9.16 Å². The number of rotatable bonds is 9. The van der Waals surface area contributed by atoms with E-state index in [-0.39, 0.29) is 23.4 Å². The number of halogens is 1. The molecular formula is C30H55BrO2Si2. The average Bonchev–Trinajstić information content (AvgIpc) is 2.72. The Bertz CT molecular complexity index is 731. The molecule has 0 bridgehead atoms. The molecule has 5 heteroatoms. The number of alkyl halides is 1. The summed E-state index contributed by atoms with van der Waals surface area (Å²) in [6.45, 7) is 28.1. The number of allylic oxidation sites excluding steroid dienone is 1. The molecule has 1 rings (SSSR count). The van der Waals surface area contributed by atoms with Crippen LogP contribution in [-0.2, 0) is 9.16 Å². The molecule has 1 heterocycles. The highest BCUT2D eigenvalue weighted by Gasteiger charge is 2.42. The van der Waals surface area contributed by atoms with Gasteiger partial charge in [0.15, 0.2) is 8.32 Å². The first-order chi connectivity index (χ1) is 16.1. The summed E-state index contributed by atoms with van der Waals surface area (Å²) in [6.07, 6.45) is 12.9. The van der Waals surface area contributed by atoms with Crippen molar-refractivity contribution in [2.45, 2.75) is 153 Å². The first kappa shape index (κ1) is 32.9. The van der Waals surface area contributed by atoms with Gasteiger partial charge in [0.25, 0.3) is 0 Å². The summed E-state index contributed by atoms with van der Waals surface area (Å²) in [5, 5.41) is 0.171. The molecule has 4 atom stereocenters. The van der Waals surface area contributed by atoms with Crippen LogP contribution in [0.5, 0.6) is 0 Å². The Morgan fingerprint density at radius 3 is 2.06 bits per heavy atom. The minimum atomic E-state index is -1.92. The Labute approximate surface area is 229 Å². The fourth-order valence-corrected chi connectivity index (χ4v) is 12.1. The van der Waals surface area contributed by atoms with Gasteiger partial charge >= 0.3 is 0 Å². The predicted octanol–water partition coefficient (Wildman–Crippen LogP) is 9.82. The predicted molar refractivity (Wildman–Crippen MR) is 165 cm³/mol. The third kappa shape index (κ3) is 8.99. The molecule has 0 radical (unpaired) electrons. The van der Waals surface area contributed by atoms with Gasteiger partial charge in [0.1, 0.15) is 8.07 Å². The molecule has 0 saturated heterocycles. The van der Waals surface area contributed by atoms with Gasteiger partial charge in [-0.2, -0.15) is 0 Å². The van der Waals surface area contributed by atoms with Gasteiger partial charge in [-0.15, -0.1) is 5.54 Å². The molecule has 1 aliphatic rings. The molecule has 0 aromatic rings. The van der Waals surface area contributed by atoms with E-state index in [1.165, 1.54) is 0 Å². The van der Waals surface area contributed by atoms with E-state index in [9.17, 15) is 0 Å². The van der Waals surface area contributed by atoms with Gasteiger partial charge in [-0.25, -0.2) is 0 Å². The van der Waals surface area contributed by atoms with E-state index in [4.69, 9.17) is 9.16 Å². The van der Waals surface area contributed by atoms with Crippen molar-refractivity contribution >= 4 is 32.3 Å². The molecule has 1 aliphatic heterocycles. The fourth-order valence-electron chi connectivity index (χ4n) is 5.22. The highest BCUT2D eigenvalue weighted by atomic mass is 79.9. The maximum atomic E-state index is 6.94. The summed E-state index contributed by atoms with van der Waals surface area (Å²) in [7, 11) is -3.63. The van der Waals surface area contributed by atoms with Crippen LogP contribution in [0.1, 0.15) is 94.9 Å². The molecular weight excluding hydrogens is 528 g/mol. The van der Waals surface area contributed by atoms with Crippen LogP contribution in [0.2, 0.25) is 34.8 Å². The highest BCUT2D eigenvalue weighted by molar-refractivity contribution is 9.09. The third-order valence-corrected chi connectivity index (χ3v) is 20.5. The maximum absolute atomic E-state index is 6.94. The second-order valence-corrected chi connectivity index (χ2v) is 24.3. The Balaban J connectivity index is 3.20. The molecule has 0 saturated carbocycles. The third-order valence-electron chi connectivity index (χ3n) is 8.44. The van der Waals surface area contributed by atoms with Gasteiger partial charge in [-0.3, -0.25) is 0 Å². The lowest BCUT2D eigenvalue weighted by atomic mass is 10.0. The van der Waals surface area contributed by atoms with Crippen LogP contribution in [0.4, 0.5) is 0 Å². The largest absolute Gasteiger partial charge is 0.411 e. The summed E-state index contributed by atoms with van der Waals surface area (Å²) in [5.74, 6) is 3.49. The van der Waals surface area contributed by atoms with E-state index < -0.39 is 16.4 Å². The van der Waals surface area contributed by atoms with Crippen molar-refractivity contribution in [2.75, 3.05) is 0 Å². The molecule has 202 valence electrons. The van der Waals surface area contributed by atoms with E-state index in [0.717, 1.165) is 25.7 Å². The Morgan fingerprint density at radius 1 is 1.03 bits per heavy atom. The summed E-state index contributed by atoms with van der Waals surface area (Å²) in [4.78, 5) is 0.347. The van der Waals surface area contributed by atoms with Gasteiger partial charge in [-0.1, -0.05) is 109 Å². The Kier molecular flexibility index (Phi) is 13.3.